The first-order valence-electron chi connectivity index (χ1n) is 6.00. The molecule has 0 radical (unpaired) electrons. The number of halogens is 1. The highest BCUT2D eigenvalue weighted by Crippen LogP contribution is 2.26. The molecule has 0 atom stereocenters. The SMILES string of the molecule is CCc1cccc(CC)c1N=Cc1cnc(Cl)s1. The lowest BCUT2D eigenvalue weighted by Crippen LogP contribution is -1.88. The van der Waals surface area contributed by atoms with Crippen LogP contribution in [0.1, 0.15) is 29.9 Å². The van der Waals surface area contributed by atoms with Gasteiger partial charge in [0, 0.05) is 12.4 Å². The van der Waals surface area contributed by atoms with Crippen molar-refractivity contribution in [3.63, 3.8) is 0 Å². The van der Waals surface area contributed by atoms with Crippen molar-refractivity contribution in [2.75, 3.05) is 0 Å². The van der Waals surface area contributed by atoms with Crippen molar-refractivity contribution in [2.24, 2.45) is 4.99 Å². The Morgan fingerprint density at radius 1 is 1.28 bits per heavy atom. The Morgan fingerprint density at radius 2 is 1.94 bits per heavy atom. The van der Waals surface area contributed by atoms with Gasteiger partial charge in [-0.05, 0) is 24.0 Å². The fourth-order valence-electron chi connectivity index (χ4n) is 1.83. The van der Waals surface area contributed by atoms with Gasteiger partial charge in [0.1, 0.15) is 0 Å². The first kappa shape index (κ1) is 13.2. The Kier molecular flexibility index (Phi) is 4.50. The van der Waals surface area contributed by atoms with Crippen molar-refractivity contribution in [3.8, 4) is 0 Å². The Balaban J connectivity index is 2.35. The van der Waals surface area contributed by atoms with Gasteiger partial charge in [0.2, 0.25) is 0 Å². The van der Waals surface area contributed by atoms with Crippen molar-refractivity contribution < 1.29 is 0 Å². The maximum absolute atomic E-state index is 5.81. The summed E-state index contributed by atoms with van der Waals surface area (Å²) in [5, 5.41) is 0. The fraction of sp³-hybridized carbons (Fsp3) is 0.286. The number of aryl methyl sites for hydroxylation is 2. The molecule has 1 aromatic heterocycles. The van der Waals surface area contributed by atoms with E-state index >= 15 is 0 Å². The van der Waals surface area contributed by atoms with Gasteiger partial charge in [-0.25, -0.2) is 4.98 Å². The first-order chi connectivity index (χ1) is 8.74. The lowest BCUT2D eigenvalue weighted by molar-refractivity contribution is 1.08. The van der Waals surface area contributed by atoms with Crippen LogP contribution >= 0.6 is 22.9 Å². The van der Waals surface area contributed by atoms with E-state index in [4.69, 9.17) is 11.6 Å². The molecule has 0 bridgehead atoms. The standard InChI is InChI=1S/C14H15ClN2S/c1-3-10-6-5-7-11(4-2)13(10)16-8-12-9-17-14(15)18-12/h5-9H,3-4H2,1-2H3. The molecule has 0 N–H and O–H groups in total. The topological polar surface area (TPSA) is 25.2 Å². The van der Waals surface area contributed by atoms with E-state index in [9.17, 15) is 0 Å². The molecule has 2 aromatic rings. The van der Waals surface area contributed by atoms with Crippen molar-refractivity contribution in [2.45, 2.75) is 26.7 Å². The first-order valence-corrected chi connectivity index (χ1v) is 7.20. The number of benzene rings is 1. The van der Waals surface area contributed by atoms with Crippen molar-refractivity contribution in [1.82, 2.24) is 4.98 Å². The third-order valence-corrected chi connectivity index (χ3v) is 3.83. The molecule has 0 unspecified atom stereocenters. The van der Waals surface area contributed by atoms with Gasteiger partial charge in [-0.1, -0.05) is 43.6 Å². The van der Waals surface area contributed by atoms with E-state index in [-0.39, 0.29) is 0 Å². The summed E-state index contributed by atoms with van der Waals surface area (Å²) < 4.78 is 0.552. The Hall–Kier alpha value is -1.19. The molecule has 18 heavy (non-hydrogen) atoms. The van der Waals surface area contributed by atoms with E-state index in [2.05, 4.69) is 42.0 Å². The Bertz CT molecular complexity index is 538. The molecule has 0 amide bonds. The summed E-state index contributed by atoms with van der Waals surface area (Å²) in [6.45, 7) is 4.30. The van der Waals surface area contributed by atoms with Crippen LogP contribution in [0, 0.1) is 0 Å². The van der Waals surface area contributed by atoms with E-state index in [1.54, 1.807) is 6.20 Å². The fourth-order valence-corrected chi connectivity index (χ4v) is 2.66. The van der Waals surface area contributed by atoms with Crippen LogP contribution in [-0.2, 0) is 12.8 Å². The van der Waals surface area contributed by atoms with Crippen LogP contribution in [0.3, 0.4) is 0 Å². The average molecular weight is 279 g/mol. The minimum atomic E-state index is 0.552. The number of rotatable bonds is 4. The van der Waals surface area contributed by atoms with Gasteiger partial charge in [0.15, 0.2) is 4.47 Å². The summed E-state index contributed by atoms with van der Waals surface area (Å²) in [5.41, 5.74) is 3.65. The van der Waals surface area contributed by atoms with Gasteiger partial charge >= 0.3 is 0 Å². The number of aromatic nitrogens is 1. The van der Waals surface area contributed by atoms with Gasteiger partial charge in [-0.15, -0.1) is 11.3 Å². The minimum absolute atomic E-state index is 0.552. The lowest BCUT2D eigenvalue weighted by Gasteiger charge is -2.07. The highest BCUT2D eigenvalue weighted by molar-refractivity contribution is 7.17. The smallest absolute Gasteiger partial charge is 0.184 e. The van der Waals surface area contributed by atoms with Crippen LogP contribution in [-0.4, -0.2) is 11.2 Å². The van der Waals surface area contributed by atoms with Crippen LogP contribution in [0.5, 0.6) is 0 Å². The van der Waals surface area contributed by atoms with Gasteiger partial charge in [0.25, 0.3) is 0 Å². The van der Waals surface area contributed by atoms with E-state index in [0.717, 1.165) is 23.4 Å². The number of para-hydroxylation sites is 1. The van der Waals surface area contributed by atoms with E-state index < -0.39 is 0 Å². The number of aliphatic imine (C=N–C) groups is 1. The summed E-state index contributed by atoms with van der Waals surface area (Å²) in [6, 6.07) is 6.36. The molecule has 0 saturated carbocycles. The lowest BCUT2D eigenvalue weighted by atomic mass is 10.0. The van der Waals surface area contributed by atoms with Crippen LogP contribution in [0.4, 0.5) is 5.69 Å². The molecule has 1 heterocycles. The number of hydrogen-bond acceptors (Lipinski definition) is 3. The molecule has 0 aliphatic carbocycles. The maximum Gasteiger partial charge on any atom is 0.184 e. The van der Waals surface area contributed by atoms with Crippen LogP contribution in [0.25, 0.3) is 0 Å². The maximum atomic E-state index is 5.81. The summed E-state index contributed by atoms with van der Waals surface area (Å²) in [5.74, 6) is 0. The third-order valence-electron chi connectivity index (χ3n) is 2.78. The molecule has 2 rings (SSSR count). The Morgan fingerprint density at radius 3 is 2.44 bits per heavy atom. The van der Waals surface area contributed by atoms with Crippen LogP contribution in [0.2, 0.25) is 4.47 Å². The normalized spacial score (nSPS) is 11.3. The number of nitrogens with zero attached hydrogens (tertiary/aromatic N) is 2. The summed E-state index contributed by atoms with van der Waals surface area (Å²) in [4.78, 5) is 9.60. The van der Waals surface area contributed by atoms with Gasteiger partial charge in [0.05, 0.1) is 10.6 Å². The van der Waals surface area contributed by atoms with Crippen molar-refractivity contribution in [3.05, 3.63) is 44.9 Å². The van der Waals surface area contributed by atoms with Crippen LogP contribution < -0.4 is 0 Å². The quantitative estimate of drug-likeness (QED) is 0.746. The van der Waals surface area contributed by atoms with Gasteiger partial charge in [-0.2, -0.15) is 0 Å². The summed E-state index contributed by atoms with van der Waals surface area (Å²) >= 11 is 7.24. The molecule has 0 aliphatic rings. The zero-order valence-electron chi connectivity index (χ0n) is 10.5. The second kappa shape index (κ2) is 6.12. The predicted octanol–water partition coefficient (Wildman–Crippen LogP) is 4.67. The third kappa shape index (κ3) is 2.98. The van der Waals surface area contributed by atoms with E-state index in [0.29, 0.717) is 4.47 Å². The zero-order chi connectivity index (χ0) is 13.0. The molecule has 1 aromatic carbocycles. The molecular formula is C14H15ClN2S. The molecule has 0 aliphatic heterocycles. The summed E-state index contributed by atoms with van der Waals surface area (Å²) in [6.07, 6.45) is 5.57. The molecule has 0 spiro atoms. The predicted molar refractivity (Wildman–Crippen MR) is 79.6 cm³/mol. The van der Waals surface area contributed by atoms with E-state index in [1.165, 1.54) is 22.5 Å². The molecule has 0 saturated heterocycles. The van der Waals surface area contributed by atoms with Crippen LogP contribution in [0.15, 0.2) is 29.4 Å². The van der Waals surface area contributed by atoms with Crippen molar-refractivity contribution in [1.29, 1.82) is 0 Å². The zero-order valence-corrected chi connectivity index (χ0v) is 12.1. The number of hydrogen-bond donors (Lipinski definition) is 0. The summed E-state index contributed by atoms with van der Waals surface area (Å²) in [7, 11) is 0. The van der Waals surface area contributed by atoms with Gasteiger partial charge in [-0.3, -0.25) is 4.99 Å². The van der Waals surface area contributed by atoms with E-state index in [1.807, 2.05) is 6.21 Å². The Labute approximate surface area is 116 Å². The molecule has 4 heteroatoms. The number of thiazole rings is 1. The molecule has 2 nitrogen and oxygen atoms in total. The second-order valence-electron chi connectivity index (χ2n) is 3.91. The highest BCUT2D eigenvalue weighted by atomic mass is 35.5. The molecule has 0 fully saturated rings. The highest BCUT2D eigenvalue weighted by Gasteiger charge is 2.04. The molecule has 94 valence electrons. The average Bonchev–Trinajstić information content (AvgIpc) is 2.81. The van der Waals surface area contributed by atoms with Crippen molar-refractivity contribution >= 4 is 34.8 Å². The van der Waals surface area contributed by atoms with Gasteiger partial charge < -0.3 is 0 Å². The minimum Gasteiger partial charge on any atom is -0.255 e. The largest absolute Gasteiger partial charge is 0.255 e. The second-order valence-corrected chi connectivity index (χ2v) is 5.55. The monoisotopic (exact) mass is 278 g/mol. The molecular weight excluding hydrogens is 264 g/mol.